The van der Waals surface area contributed by atoms with Crippen molar-refractivity contribution in [2.45, 2.75) is 19.5 Å². The summed E-state index contributed by atoms with van der Waals surface area (Å²) in [6, 6.07) is 4.28. The predicted octanol–water partition coefficient (Wildman–Crippen LogP) is 2.35. The summed E-state index contributed by atoms with van der Waals surface area (Å²) in [5.41, 5.74) is 2.50. The van der Waals surface area contributed by atoms with E-state index in [9.17, 15) is 0 Å². The van der Waals surface area contributed by atoms with Gasteiger partial charge in [-0.2, -0.15) is 0 Å². The van der Waals surface area contributed by atoms with Crippen molar-refractivity contribution in [1.82, 2.24) is 14.9 Å². The third-order valence-corrected chi connectivity index (χ3v) is 3.76. The van der Waals surface area contributed by atoms with E-state index in [0.717, 1.165) is 42.2 Å². The lowest BCUT2D eigenvalue weighted by atomic mass is 10.1. The highest BCUT2D eigenvalue weighted by Crippen LogP contribution is 2.33. The third kappa shape index (κ3) is 2.53. The second-order valence-corrected chi connectivity index (χ2v) is 5.57. The number of ether oxygens (including phenoxy) is 1. The average Bonchev–Trinajstić information content (AvgIpc) is 2.99. The van der Waals surface area contributed by atoms with Crippen LogP contribution in [0.4, 0.5) is 0 Å². The maximum absolute atomic E-state index is 5.76. The summed E-state index contributed by atoms with van der Waals surface area (Å²) in [6.07, 6.45) is 4.84. The smallest absolute Gasteiger partial charge is 0.127 e. The van der Waals surface area contributed by atoms with Gasteiger partial charge in [0.25, 0.3) is 0 Å². The molecule has 5 heteroatoms. The molecule has 1 aromatic carbocycles. The lowest BCUT2D eigenvalue weighted by Gasteiger charge is -2.12. The van der Waals surface area contributed by atoms with Gasteiger partial charge in [-0.15, -0.1) is 0 Å². The summed E-state index contributed by atoms with van der Waals surface area (Å²) in [6.45, 7) is 2.34. The standard InChI is InChI=1S/C14H16BrN3O/c1-16-8-13-17-3-4-18(13)9-11-7-12(15)6-10-2-5-19-14(10)11/h3-4,6-7,16H,2,5,8-9H2,1H3. The maximum Gasteiger partial charge on any atom is 0.127 e. The summed E-state index contributed by atoms with van der Waals surface area (Å²) in [4.78, 5) is 4.37. The van der Waals surface area contributed by atoms with Crippen molar-refractivity contribution in [2.24, 2.45) is 0 Å². The molecule has 3 rings (SSSR count). The minimum absolute atomic E-state index is 0.768. The number of hydrogen-bond acceptors (Lipinski definition) is 3. The molecule has 0 unspecified atom stereocenters. The van der Waals surface area contributed by atoms with E-state index >= 15 is 0 Å². The zero-order valence-electron chi connectivity index (χ0n) is 10.8. The molecular weight excluding hydrogens is 306 g/mol. The van der Waals surface area contributed by atoms with Crippen molar-refractivity contribution < 1.29 is 4.74 Å². The van der Waals surface area contributed by atoms with Gasteiger partial charge in [-0.1, -0.05) is 15.9 Å². The lowest BCUT2D eigenvalue weighted by molar-refractivity contribution is 0.352. The van der Waals surface area contributed by atoms with E-state index in [-0.39, 0.29) is 0 Å². The number of fused-ring (bicyclic) bond motifs is 1. The van der Waals surface area contributed by atoms with Gasteiger partial charge in [-0.05, 0) is 24.7 Å². The minimum Gasteiger partial charge on any atom is -0.493 e. The van der Waals surface area contributed by atoms with Crippen molar-refractivity contribution in [2.75, 3.05) is 13.7 Å². The second-order valence-electron chi connectivity index (χ2n) is 4.65. The molecule has 1 aromatic heterocycles. The molecule has 1 aliphatic rings. The van der Waals surface area contributed by atoms with Gasteiger partial charge in [0.05, 0.1) is 19.7 Å². The van der Waals surface area contributed by atoms with E-state index in [1.54, 1.807) is 0 Å². The van der Waals surface area contributed by atoms with Gasteiger partial charge in [0.15, 0.2) is 0 Å². The molecule has 0 aliphatic carbocycles. The Morgan fingerprint density at radius 1 is 1.47 bits per heavy atom. The molecule has 0 atom stereocenters. The van der Waals surface area contributed by atoms with Gasteiger partial charge >= 0.3 is 0 Å². The third-order valence-electron chi connectivity index (χ3n) is 3.30. The molecule has 0 radical (unpaired) electrons. The summed E-state index contributed by atoms with van der Waals surface area (Å²) in [5.74, 6) is 2.08. The van der Waals surface area contributed by atoms with E-state index in [4.69, 9.17) is 4.74 Å². The fourth-order valence-electron chi connectivity index (χ4n) is 2.46. The van der Waals surface area contributed by atoms with Crippen LogP contribution >= 0.6 is 15.9 Å². The fraction of sp³-hybridized carbons (Fsp3) is 0.357. The van der Waals surface area contributed by atoms with E-state index in [0.29, 0.717) is 0 Å². The van der Waals surface area contributed by atoms with Crippen molar-refractivity contribution in [3.05, 3.63) is 46.0 Å². The highest BCUT2D eigenvalue weighted by Gasteiger charge is 2.18. The van der Waals surface area contributed by atoms with E-state index in [1.165, 1.54) is 11.1 Å². The Morgan fingerprint density at radius 2 is 2.37 bits per heavy atom. The number of nitrogens with one attached hydrogen (secondary N) is 1. The predicted molar refractivity (Wildman–Crippen MR) is 77.4 cm³/mol. The number of benzene rings is 1. The highest BCUT2D eigenvalue weighted by molar-refractivity contribution is 9.10. The Kier molecular flexibility index (Phi) is 3.57. The van der Waals surface area contributed by atoms with Crippen LogP contribution in [-0.2, 0) is 19.5 Å². The second kappa shape index (κ2) is 5.35. The molecule has 1 N–H and O–H groups in total. The molecule has 2 heterocycles. The first-order valence-electron chi connectivity index (χ1n) is 6.36. The fourth-order valence-corrected chi connectivity index (χ4v) is 3.01. The van der Waals surface area contributed by atoms with E-state index in [2.05, 4.69) is 42.9 Å². The number of imidazole rings is 1. The molecule has 0 amide bonds. The molecule has 0 spiro atoms. The summed E-state index contributed by atoms with van der Waals surface area (Å²) >= 11 is 3.58. The molecule has 0 fully saturated rings. The number of nitrogens with zero attached hydrogens (tertiary/aromatic N) is 2. The van der Waals surface area contributed by atoms with Crippen LogP contribution in [0.5, 0.6) is 5.75 Å². The monoisotopic (exact) mass is 321 g/mol. The molecule has 0 saturated heterocycles. The first-order valence-corrected chi connectivity index (χ1v) is 7.16. The van der Waals surface area contributed by atoms with Crippen LogP contribution in [-0.4, -0.2) is 23.2 Å². The molecule has 0 saturated carbocycles. The number of rotatable bonds is 4. The molecule has 4 nitrogen and oxygen atoms in total. The molecule has 19 heavy (non-hydrogen) atoms. The summed E-state index contributed by atoms with van der Waals surface area (Å²) < 4.78 is 9.03. The Bertz CT molecular complexity index is 594. The summed E-state index contributed by atoms with van der Waals surface area (Å²) in [5, 5.41) is 3.14. The molecule has 0 bridgehead atoms. The zero-order chi connectivity index (χ0) is 13.2. The van der Waals surface area contributed by atoms with Crippen molar-refractivity contribution in [3.63, 3.8) is 0 Å². The van der Waals surface area contributed by atoms with Gasteiger partial charge in [0, 0.05) is 28.9 Å². The van der Waals surface area contributed by atoms with Crippen LogP contribution in [0.2, 0.25) is 0 Å². The van der Waals surface area contributed by atoms with Gasteiger partial charge in [-0.3, -0.25) is 0 Å². The van der Waals surface area contributed by atoms with Crippen LogP contribution in [0.25, 0.3) is 0 Å². The quantitative estimate of drug-likeness (QED) is 0.939. The molecule has 2 aromatic rings. The Morgan fingerprint density at radius 3 is 3.21 bits per heavy atom. The first kappa shape index (κ1) is 12.7. The topological polar surface area (TPSA) is 39.1 Å². The van der Waals surface area contributed by atoms with Crippen LogP contribution in [0.15, 0.2) is 29.0 Å². The number of hydrogen-bond donors (Lipinski definition) is 1. The molecular formula is C14H16BrN3O. The minimum atomic E-state index is 0.768. The van der Waals surface area contributed by atoms with Crippen LogP contribution in [0.1, 0.15) is 17.0 Å². The number of halogens is 1. The normalized spacial score (nSPS) is 13.4. The maximum atomic E-state index is 5.76. The van der Waals surface area contributed by atoms with Gasteiger partial charge < -0.3 is 14.6 Å². The van der Waals surface area contributed by atoms with Gasteiger partial charge in [0.1, 0.15) is 11.6 Å². The van der Waals surface area contributed by atoms with Gasteiger partial charge in [0.2, 0.25) is 0 Å². The molecule has 100 valence electrons. The molecule has 1 aliphatic heterocycles. The highest BCUT2D eigenvalue weighted by atomic mass is 79.9. The van der Waals surface area contributed by atoms with Crippen LogP contribution < -0.4 is 10.1 Å². The SMILES string of the molecule is CNCc1nccn1Cc1cc(Br)cc2c1OCC2. The van der Waals surface area contributed by atoms with E-state index in [1.807, 2.05) is 19.4 Å². The Labute approximate surface area is 120 Å². The van der Waals surface area contributed by atoms with Gasteiger partial charge in [-0.25, -0.2) is 4.98 Å². The Balaban J connectivity index is 1.93. The van der Waals surface area contributed by atoms with Crippen LogP contribution in [0.3, 0.4) is 0 Å². The van der Waals surface area contributed by atoms with Crippen LogP contribution in [0, 0.1) is 0 Å². The average molecular weight is 322 g/mol. The van der Waals surface area contributed by atoms with Crippen molar-refractivity contribution in [3.8, 4) is 5.75 Å². The largest absolute Gasteiger partial charge is 0.493 e. The van der Waals surface area contributed by atoms with E-state index < -0.39 is 0 Å². The Hall–Kier alpha value is -1.33. The lowest BCUT2D eigenvalue weighted by Crippen LogP contribution is -2.13. The summed E-state index contributed by atoms with van der Waals surface area (Å²) in [7, 11) is 1.93. The van der Waals surface area contributed by atoms with Crippen molar-refractivity contribution >= 4 is 15.9 Å². The zero-order valence-corrected chi connectivity index (χ0v) is 12.4. The van der Waals surface area contributed by atoms with Crippen molar-refractivity contribution in [1.29, 1.82) is 0 Å². The number of aromatic nitrogens is 2. The first-order chi connectivity index (χ1) is 9.28.